The molecule has 3 aromatic rings. The van der Waals surface area contributed by atoms with Gasteiger partial charge in [0.2, 0.25) is 0 Å². The van der Waals surface area contributed by atoms with Crippen LogP contribution in [0.2, 0.25) is 0 Å². The molecule has 1 N–H and O–H groups in total. The zero-order valence-electron chi connectivity index (χ0n) is 10.0. The zero-order valence-corrected chi connectivity index (χ0v) is 11.7. The molecule has 92 valence electrons. The lowest BCUT2D eigenvalue weighted by Gasteiger charge is -1.98. The first-order chi connectivity index (χ1) is 8.65. The van der Waals surface area contributed by atoms with E-state index in [-0.39, 0.29) is 0 Å². The normalized spacial score (nSPS) is 13.1. The van der Waals surface area contributed by atoms with Crippen LogP contribution in [0.25, 0.3) is 20.8 Å². The molecule has 0 aliphatic heterocycles. The van der Waals surface area contributed by atoms with Crippen molar-refractivity contribution < 1.29 is 5.11 Å². The fourth-order valence-electron chi connectivity index (χ4n) is 1.88. The summed E-state index contributed by atoms with van der Waals surface area (Å²) in [6.45, 7) is 3.70. The molecule has 0 spiro atoms. The number of pyridine rings is 1. The predicted octanol–water partition coefficient (Wildman–Crippen LogP) is 3.78. The molecule has 0 saturated carbocycles. The van der Waals surface area contributed by atoms with E-state index in [2.05, 4.69) is 16.0 Å². The van der Waals surface area contributed by atoms with Gasteiger partial charge in [-0.3, -0.25) is 4.98 Å². The Labute approximate surface area is 113 Å². The minimum Gasteiger partial charge on any atom is -0.388 e. The number of aliphatic hydroxyl groups is 1. The van der Waals surface area contributed by atoms with E-state index in [4.69, 9.17) is 0 Å². The van der Waals surface area contributed by atoms with Crippen molar-refractivity contribution in [3.05, 3.63) is 34.3 Å². The van der Waals surface area contributed by atoms with Gasteiger partial charge in [0.15, 0.2) is 0 Å². The van der Waals surface area contributed by atoms with Gasteiger partial charge in [0.05, 0.1) is 26.9 Å². The van der Waals surface area contributed by atoms with E-state index >= 15 is 0 Å². The maximum Gasteiger partial charge on any atom is 0.125 e. The van der Waals surface area contributed by atoms with Crippen LogP contribution in [-0.2, 0) is 0 Å². The molecule has 0 fully saturated rings. The van der Waals surface area contributed by atoms with Crippen LogP contribution in [0, 0.1) is 6.92 Å². The van der Waals surface area contributed by atoms with Crippen molar-refractivity contribution >= 4 is 32.9 Å². The highest BCUT2D eigenvalue weighted by Crippen LogP contribution is 2.33. The number of nitrogens with zero attached hydrogens (tertiary/aromatic N) is 2. The molecule has 5 heteroatoms. The van der Waals surface area contributed by atoms with Crippen molar-refractivity contribution in [2.75, 3.05) is 0 Å². The number of rotatable bonds is 2. The Morgan fingerprint density at radius 1 is 1.39 bits per heavy atom. The summed E-state index contributed by atoms with van der Waals surface area (Å²) in [7, 11) is 0. The second-order valence-corrected chi connectivity index (χ2v) is 6.15. The van der Waals surface area contributed by atoms with Crippen LogP contribution < -0.4 is 0 Å². The third kappa shape index (κ3) is 1.94. The molecular formula is C13H12N2OS2. The number of thiazole rings is 1. The Bertz CT molecular complexity index is 700. The van der Waals surface area contributed by atoms with Gasteiger partial charge in [-0.1, -0.05) is 0 Å². The standard InChI is InChI=1S/C13H12N2OS2/c1-7-12(8(2)16)18-13(15-7)9-5-11-10(14-6-9)3-4-17-11/h3-6,8,16H,1-2H3. The van der Waals surface area contributed by atoms with E-state index in [1.807, 2.05) is 24.6 Å². The van der Waals surface area contributed by atoms with Crippen molar-refractivity contribution in [3.63, 3.8) is 0 Å². The van der Waals surface area contributed by atoms with Crippen molar-refractivity contribution in [2.24, 2.45) is 0 Å². The van der Waals surface area contributed by atoms with Gasteiger partial charge in [0, 0.05) is 11.8 Å². The van der Waals surface area contributed by atoms with Gasteiger partial charge in [0.25, 0.3) is 0 Å². The van der Waals surface area contributed by atoms with Crippen LogP contribution in [0.3, 0.4) is 0 Å². The Morgan fingerprint density at radius 3 is 2.94 bits per heavy atom. The largest absolute Gasteiger partial charge is 0.388 e. The highest BCUT2D eigenvalue weighted by Gasteiger charge is 2.13. The number of hydrogen-bond acceptors (Lipinski definition) is 5. The smallest absolute Gasteiger partial charge is 0.125 e. The Hall–Kier alpha value is -1.30. The van der Waals surface area contributed by atoms with Crippen LogP contribution in [0.5, 0.6) is 0 Å². The van der Waals surface area contributed by atoms with E-state index in [0.717, 1.165) is 26.7 Å². The summed E-state index contributed by atoms with van der Waals surface area (Å²) in [6, 6.07) is 4.12. The van der Waals surface area contributed by atoms with Crippen molar-refractivity contribution in [3.8, 4) is 10.6 Å². The topological polar surface area (TPSA) is 46.0 Å². The molecule has 3 nitrogen and oxygen atoms in total. The Morgan fingerprint density at radius 2 is 2.22 bits per heavy atom. The summed E-state index contributed by atoms with van der Waals surface area (Å²) in [5.41, 5.74) is 2.94. The minimum absolute atomic E-state index is 0.463. The first kappa shape index (κ1) is 11.8. The first-order valence-corrected chi connectivity index (χ1v) is 7.34. The molecule has 3 aromatic heterocycles. The van der Waals surface area contributed by atoms with E-state index in [1.54, 1.807) is 18.3 Å². The van der Waals surface area contributed by atoms with Crippen LogP contribution >= 0.6 is 22.7 Å². The number of fused-ring (bicyclic) bond motifs is 1. The molecule has 1 unspecified atom stereocenters. The van der Waals surface area contributed by atoms with Crippen LogP contribution in [-0.4, -0.2) is 15.1 Å². The molecule has 3 rings (SSSR count). The quantitative estimate of drug-likeness (QED) is 0.774. The van der Waals surface area contributed by atoms with E-state index < -0.39 is 6.10 Å². The highest BCUT2D eigenvalue weighted by molar-refractivity contribution is 7.17. The summed E-state index contributed by atoms with van der Waals surface area (Å²) in [5.74, 6) is 0. The van der Waals surface area contributed by atoms with E-state index in [9.17, 15) is 5.11 Å². The van der Waals surface area contributed by atoms with E-state index in [0.29, 0.717) is 0 Å². The lowest BCUT2D eigenvalue weighted by Crippen LogP contribution is -1.88. The van der Waals surface area contributed by atoms with Crippen LogP contribution in [0.4, 0.5) is 0 Å². The number of aromatic nitrogens is 2. The predicted molar refractivity (Wildman–Crippen MR) is 76.1 cm³/mol. The summed E-state index contributed by atoms with van der Waals surface area (Å²) < 4.78 is 1.17. The van der Waals surface area contributed by atoms with Gasteiger partial charge < -0.3 is 5.11 Å². The summed E-state index contributed by atoms with van der Waals surface area (Å²) in [6.07, 6.45) is 1.38. The summed E-state index contributed by atoms with van der Waals surface area (Å²) in [4.78, 5) is 9.86. The lowest BCUT2D eigenvalue weighted by atomic mass is 10.2. The average molecular weight is 276 g/mol. The molecule has 0 amide bonds. The molecular weight excluding hydrogens is 264 g/mol. The average Bonchev–Trinajstić information content (AvgIpc) is 2.93. The molecule has 0 aromatic carbocycles. The van der Waals surface area contributed by atoms with Gasteiger partial charge in [-0.05, 0) is 31.4 Å². The molecule has 0 aliphatic carbocycles. The summed E-state index contributed by atoms with van der Waals surface area (Å²) >= 11 is 3.21. The minimum atomic E-state index is -0.463. The molecule has 0 radical (unpaired) electrons. The van der Waals surface area contributed by atoms with Gasteiger partial charge in [-0.15, -0.1) is 22.7 Å². The lowest BCUT2D eigenvalue weighted by molar-refractivity contribution is 0.202. The van der Waals surface area contributed by atoms with Gasteiger partial charge in [-0.2, -0.15) is 0 Å². The molecule has 0 bridgehead atoms. The number of aryl methyl sites for hydroxylation is 1. The fourth-order valence-corrected chi connectivity index (χ4v) is 3.65. The number of hydrogen-bond donors (Lipinski definition) is 1. The SMILES string of the molecule is Cc1nc(-c2cnc3ccsc3c2)sc1C(C)O. The van der Waals surface area contributed by atoms with Gasteiger partial charge in [-0.25, -0.2) is 4.98 Å². The fraction of sp³-hybridized carbons (Fsp3) is 0.231. The molecule has 0 aliphatic rings. The molecule has 18 heavy (non-hydrogen) atoms. The molecule has 0 saturated heterocycles. The maximum atomic E-state index is 9.66. The molecule has 1 atom stereocenters. The third-order valence-electron chi connectivity index (χ3n) is 2.76. The summed E-state index contributed by atoms with van der Waals surface area (Å²) in [5, 5.41) is 12.6. The highest BCUT2D eigenvalue weighted by atomic mass is 32.1. The maximum absolute atomic E-state index is 9.66. The number of thiophene rings is 1. The van der Waals surface area contributed by atoms with Gasteiger partial charge >= 0.3 is 0 Å². The monoisotopic (exact) mass is 276 g/mol. The first-order valence-electron chi connectivity index (χ1n) is 5.64. The number of aliphatic hydroxyl groups excluding tert-OH is 1. The second kappa shape index (κ2) is 4.42. The van der Waals surface area contributed by atoms with Crippen molar-refractivity contribution in [2.45, 2.75) is 20.0 Å². The Balaban J connectivity index is 2.10. The van der Waals surface area contributed by atoms with Crippen molar-refractivity contribution in [1.29, 1.82) is 0 Å². The van der Waals surface area contributed by atoms with Crippen LogP contribution in [0.1, 0.15) is 23.6 Å². The Kier molecular flexibility index (Phi) is 2.89. The second-order valence-electron chi connectivity index (χ2n) is 4.17. The molecule has 3 heterocycles. The van der Waals surface area contributed by atoms with Crippen LogP contribution in [0.15, 0.2) is 23.7 Å². The third-order valence-corrected chi connectivity index (χ3v) is 4.99. The van der Waals surface area contributed by atoms with Crippen molar-refractivity contribution in [1.82, 2.24) is 9.97 Å². The van der Waals surface area contributed by atoms with E-state index in [1.165, 1.54) is 16.0 Å². The van der Waals surface area contributed by atoms with Gasteiger partial charge in [0.1, 0.15) is 5.01 Å². The zero-order chi connectivity index (χ0) is 12.7.